The van der Waals surface area contributed by atoms with Gasteiger partial charge in [-0.2, -0.15) is 0 Å². The summed E-state index contributed by atoms with van der Waals surface area (Å²) in [7, 11) is 0. The van der Waals surface area contributed by atoms with Crippen molar-refractivity contribution in [1.29, 1.82) is 0 Å². The lowest BCUT2D eigenvalue weighted by Crippen LogP contribution is -2.17. The third kappa shape index (κ3) is 3.81. The molecule has 6 N–H and O–H groups in total. The Bertz CT molecular complexity index is 831. The molecule has 0 unspecified atom stereocenters. The van der Waals surface area contributed by atoms with Crippen LogP contribution in [0.4, 0.5) is 0 Å². The Labute approximate surface area is 141 Å². The van der Waals surface area contributed by atoms with E-state index in [1.54, 1.807) is 0 Å². The van der Waals surface area contributed by atoms with Crippen molar-refractivity contribution in [3.05, 3.63) is 69.8 Å². The van der Waals surface area contributed by atoms with Crippen molar-refractivity contribution in [2.75, 3.05) is 0 Å². The normalized spacial score (nSPS) is 10.2. The number of carboxylic acid groups (broad SMARTS) is 2. The quantitative estimate of drug-likeness (QED) is 0.609. The molecular weight excluding hydrogens is 328 g/mol. The minimum absolute atomic E-state index is 0.0705. The van der Waals surface area contributed by atoms with E-state index >= 15 is 0 Å². The van der Waals surface area contributed by atoms with Crippen LogP contribution >= 0.6 is 0 Å². The van der Waals surface area contributed by atoms with Crippen molar-refractivity contribution in [3.8, 4) is 0 Å². The summed E-state index contributed by atoms with van der Waals surface area (Å²) in [6, 6.07) is 7.50. The molecule has 0 atom stereocenters. The fraction of sp³-hybridized carbons (Fsp3) is 0.0588. The predicted molar refractivity (Wildman–Crippen MR) is 86.6 cm³/mol. The van der Waals surface area contributed by atoms with E-state index in [1.807, 2.05) is 0 Å². The van der Waals surface area contributed by atoms with E-state index in [1.165, 1.54) is 36.4 Å². The minimum atomic E-state index is -1.20. The Hall–Kier alpha value is -3.68. The minimum Gasteiger partial charge on any atom is -0.478 e. The van der Waals surface area contributed by atoms with Crippen LogP contribution in [0.3, 0.4) is 0 Å². The second-order valence-corrected chi connectivity index (χ2v) is 5.26. The number of benzene rings is 2. The van der Waals surface area contributed by atoms with Gasteiger partial charge in [0.1, 0.15) is 0 Å². The lowest BCUT2D eigenvalue weighted by Gasteiger charge is -2.12. The molecule has 0 spiro atoms. The molecule has 0 fully saturated rings. The molecule has 0 saturated heterocycles. The monoisotopic (exact) mass is 342 g/mol. The molecular formula is C17H14N2O6. The number of hydrogen-bond donors (Lipinski definition) is 4. The third-order valence-electron chi connectivity index (χ3n) is 3.62. The van der Waals surface area contributed by atoms with E-state index in [4.69, 9.17) is 21.7 Å². The van der Waals surface area contributed by atoms with E-state index < -0.39 is 23.8 Å². The second-order valence-electron chi connectivity index (χ2n) is 5.26. The summed E-state index contributed by atoms with van der Waals surface area (Å²) in [4.78, 5) is 45.4. The molecule has 0 aliphatic carbocycles. The molecule has 25 heavy (non-hydrogen) atoms. The number of nitrogens with two attached hydrogens (primary N) is 2. The number of hydrogen-bond acceptors (Lipinski definition) is 4. The highest BCUT2D eigenvalue weighted by atomic mass is 16.4. The summed E-state index contributed by atoms with van der Waals surface area (Å²) < 4.78 is 0. The van der Waals surface area contributed by atoms with E-state index in [0.717, 1.165) is 0 Å². The van der Waals surface area contributed by atoms with Crippen LogP contribution in [0.15, 0.2) is 36.4 Å². The molecule has 128 valence electrons. The van der Waals surface area contributed by atoms with Gasteiger partial charge >= 0.3 is 11.9 Å². The van der Waals surface area contributed by atoms with E-state index in [-0.39, 0.29) is 39.8 Å². The Morgan fingerprint density at radius 3 is 1.36 bits per heavy atom. The average molecular weight is 342 g/mol. The van der Waals surface area contributed by atoms with Crippen molar-refractivity contribution in [2.45, 2.75) is 6.42 Å². The number of rotatable bonds is 6. The van der Waals surface area contributed by atoms with Crippen LogP contribution < -0.4 is 11.5 Å². The van der Waals surface area contributed by atoms with Gasteiger partial charge in [0.25, 0.3) is 0 Å². The first kappa shape index (κ1) is 17.7. The van der Waals surface area contributed by atoms with Crippen molar-refractivity contribution in [2.24, 2.45) is 11.5 Å². The zero-order valence-electron chi connectivity index (χ0n) is 12.9. The Balaban J connectivity index is 2.61. The Morgan fingerprint density at radius 2 is 1.08 bits per heavy atom. The first-order valence-corrected chi connectivity index (χ1v) is 7.02. The summed E-state index contributed by atoms with van der Waals surface area (Å²) in [6.07, 6.45) is -0.0845. The highest BCUT2D eigenvalue weighted by Crippen LogP contribution is 2.21. The van der Waals surface area contributed by atoms with Gasteiger partial charge in [-0.25, -0.2) is 9.59 Å². The number of aromatic carboxylic acids is 2. The molecule has 2 amide bonds. The number of amides is 2. The Morgan fingerprint density at radius 1 is 0.720 bits per heavy atom. The van der Waals surface area contributed by atoms with Crippen molar-refractivity contribution in [1.82, 2.24) is 0 Å². The fourth-order valence-corrected chi connectivity index (χ4v) is 2.43. The fourth-order valence-electron chi connectivity index (χ4n) is 2.43. The largest absolute Gasteiger partial charge is 0.478 e. The molecule has 8 heteroatoms. The number of carbonyl (C=O) groups excluding carboxylic acids is 2. The van der Waals surface area contributed by atoms with Gasteiger partial charge in [-0.05, 0) is 53.9 Å². The maximum Gasteiger partial charge on any atom is 0.335 e. The lowest BCUT2D eigenvalue weighted by molar-refractivity contribution is 0.0686. The van der Waals surface area contributed by atoms with Crippen LogP contribution in [0.5, 0.6) is 0 Å². The smallest absolute Gasteiger partial charge is 0.335 e. The van der Waals surface area contributed by atoms with Gasteiger partial charge in [0.15, 0.2) is 0 Å². The van der Waals surface area contributed by atoms with E-state index in [2.05, 4.69) is 0 Å². The van der Waals surface area contributed by atoms with Crippen molar-refractivity contribution in [3.63, 3.8) is 0 Å². The predicted octanol–water partition coefficient (Wildman–Crippen LogP) is 0.872. The number of carboxylic acids is 2. The standard InChI is InChI=1S/C17H14N2O6/c18-14(20)12-3-1-8(16(22)23)5-10(12)7-11-6-9(17(24)25)2-4-13(11)15(19)21/h1-6H,7H2,(H2,18,20)(H2,19,21)(H,22,23)(H,24,25). The second kappa shape index (κ2) is 6.83. The molecule has 2 aromatic rings. The Kier molecular flexibility index (Phi) is 4.83. The molecule has 0 aromatic heterocycles. The molecule has 0 aliphatic rings. The maximum absolute atomic E-state index is 11.6. The molecule has 0 heterocycles. The highest BCUT2D eigenvalue weighted by Gasteiger charge is 2.17. The summed E-state index contributed by atoms with van der Waals surface area (Å²) in [5.74, 6) is -3.96. The third-order valence-corrected chi connectivity index (χ3v) is 3.62. The molecule has 2 rings (SSSR count). The molecule has 2 aromatic carbocycles. The highest BCUT2D eigenvalue weighted by molar-refractivity contribution is 5.98. The first-order chi connectivity index (χ1) is 11.7. The molecule has 0 radical (unpaired) electrons. The molecule has 0 bridgehead atoms. The maximum atomic E-state index is 11.6. The van der Waals surface area contributed by atoms with Crippen LogP contribution in [0, 0.1) is 0 Å². The molecule has 0 aliphatic heterocycles. The summed E-state index contributed by atoms with van der Waals surface area (Å²) >= 11 is 0. The average Bonchev–Trinajstić information content (AvgIpc) is 2.54. The van der Waals surface area contributed by atoms with Gasteiger partial charge in [-0.3, -0.25) is 9.59 Å². The summed E-state index contributed by atoms with van der Waals surface area (Å²) in [6.45, 7) is 0. The van der Waals surface area contributed by atoms with Gasteiger partial charge in [0.05, 0.1) is 11.1 Å². The molecule has 0 saturated carbocycles. The number of carbonyl (C=O) groups is 4. The van der Waals surface area contributed by atoms with Crippen LogP contribution in [-0.2, 0) is 6.42 Å². The topological polar surface area (TPSA) is 161 Å². The zero-order valence-corrected chi connectivity index (χ0v) is 12.9. The van der Waals surface area contributed by atoms with Gasteiger partial charge in [-0.1, -0.05) is 0 Å². The van der Waals surface area contributed by atoms with E-state index in [0.29, 0.717) is 0 Å². The van der Waals surface area contributed by atoms with Gasteiger partial charge in [-0.15, -0.1) is 0 Å². The van der Waals surface area contributed by atoms with Gasteiger partial charge < -0.3 is 21.7 Å². The summed E-state index contributed by atoms with van der Waals surface area (Å²) in [5, 5.41) is 18.2. The zero-order chi connectivity index (χ0) is 18.7. The van der Waals surface area contributed by atoms with E-state index in [9.17, 15) is 19.2 Å². The van der Waals surface area contributed by atoms with Crippen LogP contribution in [0.2, 0.25) is 0 Å². The van der Waals surface area contributed by atoms with Crippen LogP contribution in [-0.4, -0.2) is 34.0 Å². The molecule has 8 nitrogen and oxygen atoms in total. The van der Waals surface area contributed by atoms with Crippen molar-refractivity contribution < 1.29 is 29.4 Å². The van der Waals surface area contributed by atoms with Gasteiger partial charge in [0.2, 0.25) is 11.8 Å². The first-order valence-electron chi connectivity index (χ1n) is 7.02. The lowest BCUT2D eigenvalue weighted by atomic mass is 9.93. The SMILES string of the molecule is NC(=O)c1ccc(C(=O)O)cc1Cc1cc(C(=O)O)ccc1C(N)=O. The summed E-state index contributed by atoms with van der Waals surface area (Å²) in [5.41, 5.74) is 11.1. The van der Waals surface area contributed by atoms with Crippen molar-refractivity contribution >= 4 is 23.8 Å². The van der Waals surface area contributed by atoms with Crippen LogP contribution in [0.25, 0.3) is 0 Å². The number of primary amides is 2. The van der Waals surface area contributed by atoms with Gasteiger partial charge in [0, 0.05) is 11.1 Å². The van der Waals surface area contributed by atoms with Crippen LogP contribution in [0.1, 0.15) is 52.6 Å².